The number of carbonyl (C=O) groups is 2. The van der Waals surface area contributed by atoms with Crippen molar-refractivity contribution in [3.63, 3.8) is 0 Å². The molecule has 2 aromatic rings. The molecular formula is C19H22ClN3O4S. The Hall–Kier alpha value is -2.42. The minimum absolute atomic E-state index is 0.133. The van der Waals surface area contributed by atoms with E-state index in [2.05, 4.69) is 10.6 Å². The molecule has 9 heteroatoms. The third-order valence-corrected chi connectivity index (χ3v) is 6.45. The van der Waals surface area contributed by atoms with E-state index in [-0.39, 0.29) is 23.0 Å². The maximum absolute atomic E-state index is 12.4. The van der Waals surface area contributed by atoms with E-state index in [1.807, 2.05) is 0 Å². The second-order valence-corrected chi connectivity index (χ2v) is 8.75. The third-order valence-electron chi connectivity index (χ3n) is 4.07. The van der Waals surface area contributed by atoms with Crippen molar-refractivity contribution in [3.8, 4) is 0 Å². The maximum Gasteiger partial charge on any atom is 0.253 e. The molecule has 2 rings (SSSR count). The van der Waals surface area contributed by atoms with Crippen LogP contribution in [0.4, 0.5) is 5.69 Å². The second kappa shape index (κ2) is 9.18. The van der Waals surface area contributed by atoms with Gasteiger partial charge in [-0.15, -0.1) is 0 Å². The van der Waals surface area contributed by atoms with Gasteiger partial charge in [0.1, 0.15) is 0 Å². The number of carbonyl (C=O) groups excluding carboxylic acids is 2. The van der Waals surface area contributed by atoms with Crippen LogP contribution < -0.4 is 10.6 Å². The summed E-state index contributed by atoms with van der Waals surface area (Å²) in [6.45, 7) is 3.31. The number of amides is 2. The zero-order valence-corrected chi connectivity index (χ0v) is 17.3. The van der Waals surface area contributed by atoms with Crippen LogP contribution in [0.25, 0.3) is 0 Å². The first-order valence-corrected chi connectivity index (χ1v) is 10.4. The van der Waals surface area contributed by atoms with Crippen molar-refractivity contribution in [2.75, 3.05) is 18.9 Å². The number of hydrogen-bond donors (Lipinski definition) is 2. The highest BCUT2D eigenvalue weighted by molar-refractivity contribution is 7.89. The number of hydrogen-bond acceptors (Lipinski definition) is 4. The summed E-state index contributed by atoms with van der Waals surface area (Å²) in [6.07, 6.45) is 0. The zero-order chi connectivity index (χ0) is 20.9. The lowest BCUT2D eigenvalue weighted by Crippen LogP contribution is -2.33. The van der Waals surface area contributed by atoms with Gasteiger partial charge in [0.25, 0.3) is 5.91 Å². The minimum Gasteiger partial charge on any atom is -0.343 e. The lowest BCUT2D eigenvalue weighted by Gasteiger charge is -2.21. The molecule has 0 saturated heterocycles. The Bertz CT molecular complexity index is 959. The fraction of sp³-hybridized carbons (Fsp3) is 0.263. The van der Waals surface area contributed by atoms with Gasteiger partial charge in [-0.05, 0) is 50.2 Å². The van der Waals surface area contributed by atoms with Crippen LogP contribution in [-0.4, -0.2) is 44.2 Å². The molecule has 0 aliphatic rings. The Balaban J connectivity index is 1.96. The van der Waals surface area contributed by atoms with Gasteiger partial charge in [0.2, 0.25) is 15.9 Å². The fourth-order valence-corrected chi connectivity index (χ4v) is 3.85. The number of nitrogens with zero attached hydrogens (tertiary/aromatic N) is 1. The van der Waals surface area contributed by atoms with E-state index in [4.69, 9.17) is 11.6 Å². The average Bonchev–Trinajstić information content (AvgIpc) is 2.66. The van der Waals surface area contributed by atoms with E-state index in [1.165, 1.54) is 35.6 Å². The summed E-state index contributed by atoms with van der Waals surface area (Å²) in [4.78, 5) is 24.2. The number of benzene rings is 2. The van der Waals surface area contributed by atoms with E-state index in [0.29, 0.717) is 10.7 Å². The molecule has 0 heterocycles. The fourth-order valence-electron chi connectivity index (χ4n) is 2.26. The van der Waals surface area contributed by atoms with E-state index < -0.39 is 21.8 Å². The van der Waals surface area contributed by atoms with E-state index in [0.717, 1.165) is 0 Å². The van der Waals surface area contributed by atoms with Gasteiger partial charge >= 0.3 is 0 Å². The van der Waals surface area contributed by atoms with Gasteiger partial charge in [-0.25, -0.2) is 8.42 Å². The first-order chi connectivity index (χ1) is 13.1. The molecule has 0 unspecified atom stereocenters. The Morgan fingerprint density at radius 3 is 2.25 bits per heavy atom. The first kappa shape index (κ1) is 21.9. The molecule has 2 aromatic carbocycles. The average molecular weight is 424 g/mol. The van der Waals surface area contributed by atoms with E-state index in [1.54, 1.807) is 38.1 Å². The largest absolute Gasteiger partial charge is 0.343 e. The number of sulfonamides is 1. The monoisotopic (exact) mass is 423 g/mol. The van der Waals surface area contributed by atoms with Gasteiger partial charge in [-0.2, -0.15) is 4.31 Å². The van der Waals surface area contributed by atoms with Crippen LogP contribution in [0.2, 0.25) is 5.02 Å². The van der Waals surface area contributed by atoms with Crippen molar-refractivity contribution in [2.24, 2.45) is 0 Å². The predicted octanol–water partition coefficient (Wildman–Crippen LogP) is 2.74. The van der Waals surface area contributed by atoms with Crippen molar-refractivity contribution in [3.05, 3.63) is 59.1 Å². The van der Waals surface area contributed by atoms with Crippen molar-refractivity contribution in [2.45, 2.75) is 24.8 Å². The molecule has 0 radical (unpaired) electrons. The standard InChI is InChI=1S/C19H22ClN3O4S/c1-13(2)23(3)28(26,27)15-10-8-14(9-11-15)22-18(24)12-21-19(25)16-6-4-5-7-17(16)20/h4-11,13H,12H2,1-3H3,(H,21,25)(H,22,24). The number of nitrogens with one attached hydrogen (secondary N) is 2. The molecule has 2 amide bonds. The molecular weight excluding hydrogens is 402 g/mol. The Morgan fingerprint density at radius 2 is 1.68 bits per heavy atom. The summed E-state index contributed by atoms with van der Waals surface area (Å²) < 4.78 is 26.1. The summed E-state index contributed by atoms with van der Waals surface area (Å²) in [5.74, 6) is -0.908. The molecule has 28 heavy (non-hydrogen) atoms. The van der Waals surface area contributed by atoms with Crippen LogP contribution in [-0.2, 0) is 14.8 Å². The summed E-state index contributed by atoms with van der Waals surface area (Å²) >= 11 is 5.94. The molecule has 0 aliphatic heterocycles. The minimum atomic E-state index is -3.59. The quantitative estimate of drug-likeness (QED) is 0.715. The van der Waals surface area contributed by atoms with Crippen LogP contribution in [0.3, 0.4) is 0 Å². The van der Waals surface area contributed by atoms with E-state index in [9.17, 15) is 18.0 Å². The summed E-state index contributed by atoms with van der Waals surface area (Å²) in [5.41, 5.74) is 0.698. The van der Waals surface area contributed by atoms with Crippen molar-refractivity contribution in [1.82, 2.24) is 9.62 Å². The Kier molecular flexibility index (Phi) is 7.17. The Morgan fingerprint density at radius 1 is 1.07 bits per heavy atom. The highest BCUT2D eigenvalue weighted by atomic mass is 35.5. The molecule has 150 valence electrons. The molecule has 2 N–H and O–H groups in total. The predicted molar refractivity (Wildman–Crippen MR) is 109 cm³/mol. The molecule has 0 spiro atoms. The normalized spacial score (nSPS) is 11.5. The maximum atomic E-state index is 12.4. The molecule has 0 atom stereocenters. The molecule has 0 saturated carbocycles. The number of anilines is 1. The lowest BCUT2D eigenvalue weighted by molar-refractivity contribution is -0.115. The SMILES string of the molecule is CC(C)N(C)S(=O)(=O)c1ccc(NC(=O)CNC(=O)c2ccccc2Cl)cc1. The van der Waals surface area contributed by atoms with Gasteiger partial charge < -0.3 is 10.6 Å². The molecule has 0 aromatic heterocycles. The van der Waals surface area contributed by atoms with Crippen LogP contribution in [0.15, 0.2) is 53.4 Å². The van der Waals surface area contributed by atoms with Crippen LogP contribution in [0.1, 0.15) is 24.2 Å². The second-order valence-electron chi connectivity index (χ2n) is 6.35. The van der Waals surface area contributed by atoms with Gasteiger partial charge in [-0.1, -0.05) is 23.7 Å². The highest BCUT2D eigenvalue weighted by Gasteiger charge is 2.22. The van der Waals surface area contributed by atoms with Crippen LogP contribution in [0, 0.1) is 0 Å². The van der Waals surface area contributed by atoms with Crippen LogP contribution in [0.5, 0.6) is 0 Å². The zero-order valence-electron chi connectivity index (χ0n) is 15.8. The summed E-state index contributed by atoms with van der Waals surface area (Å²) in [6, 6.07) is 12.2. The summed E-state index contributed by atoms with van der Waals surface area (Å²) in [5, 5.41) is 5.38. The van der Waals surface area contributed by atoms with Crippen molar-refractivity contribution in [1.29, 1.82) is 0 Å². The molecule has 0 bridgehead atoms. The van der Waals surface area contributed by atoms with Crippen LogP contribution >= 0.6 is 11.6 Å². The van der Waals surface area contributed by atoms with Gasteiger partial charge in [0.15, 0.2) is 0 Å². The summed E-state index contributed by atoms with van der Waals surface area (Å²) in [7, 11) is -2.08. The molecule has 0 aliphatic carbocycles. The first-order valence-electron chi connectivity index (χ1n) is 8.53. The van der Waals surface area contributed by atoms with E-state index >= 15 is 0 Å². The smallest absolute Gasteiger partial charge is 0.253 e. The number of rotatable bonds is 7. The van der Waals surface area contributed by atoms with Gasteiger partial charge in [0.05, 0.1) is 22.0 Å². The molecule has 7 nitrogen and oxygen atoms in total. The molecule has 0 fully saturated rings. The number of halogens is 1. The van der Waals surface area contributed by atoms with Crippen molar-refractivity contribution >= 4 is 39.1 Å². The third kappa shape index (κ3) is 5.31. The van der Waals surface area contributed by atoms with Gasteiger partial charge in [-0.3, -0.25) is 9.59 Å². The topological polar surface area (TPSA) is 95.6 Å². The highest BCUT2D eigenvalue weighted by Crippen LogP contribution is 2.19. The Labute approximate surface area is 169 Å². The van der Waals surface area contributed by atoms with Gasteiger partial charge in [0, 0.05) is 18.8 Å². The van der Waals surface area contributed by atoms with Crippen molar-refractivity contribution < 1.29 is 18.0 Å². The lowest BCUT2D eigenvalue weighted by atomic mass is 10.2.